The lowest BCUT2D eigenvalue weighted by Gasteiger charge is -2.11. The van der Waals surface area contributed by atoms with Crippen molar-refractivity contribution in [1.82, 2.24) is 4.98 Å². The number of aromatic amines is 1. The summed E-state index contributed by atoms with van der Waals surface area (Å²) in [6.45, 7) is 2.12. The molecule has 1 N–H and O–H groups in total. The van der Waals surface area contributed by atoms with Crippen LogP contribution in [0, 0.1) is 0 Å². The summed E-state index contributed by atoms with van der Waals surface area (Å²) in [5.74, 6) is 0. The SMILES string of the molecule is CC[C@H]1O[C@@H](c2ccc[nH]c2=O)CC1I. The Bertz CT molecular complexity index is 390. The van der Waals surface area contributed by atoms with Crippen LogP contribution in [-0.4, -0.2) is 15.0 Å². The highest BCUT2D eigenvalue weighted by Gasteiger charge is 2.33. The zero-order valence-electron chi connectivity index (χ0n) is 8.57. The van der Waals surface area contributed by atoms with Gasteiger partial charge in [0.1, 0.15) is 0 Å². The van der Waals surface area contributed by atoms with Gasteiger partial charge < -0.3 is 9.72 Å². The van der Waals surface area contributed by atoms with Gasteiger partial charge in [0.15, 0.2) is 0 Å². The van der Waals surface area contributed by atoms with Crippen LogP contribution in [0.1, 0.15) is 31.4 Å². The first-order valence-corrected chi connectivity index (χ1v) is 6.44. The Labute approximate surface area is 102 Å². The molecule has 0 amide bonds. The highest BCUT2D eigenvalue weighted by Crippen LogP contribution is 2.36. The maximum absolute atomic E-state index is 11.6. The van der Waals surface area contributed by atoms with Crippen molar-refractivity contribution < 1.29 is 4.74 Å². The average Bonchev–Trinajstić information content (AvgIpc) is 2.60. The summed E-state index contributed by atoms with van der Waals surface area (Å²) in [6, 6.07) is 3.70. The molecule has 0 aliphatic carbocycles. The van der Waals surface area contributed by atoms with Gasteiger partial charge in [-0.25, -0.2) is 0 Å². The molecule has 1 fully saturated rings. The van der Waals surface area contributed by atoms with Gasteiger partial charge in [0.2, 0.25) is 0 Å². The lowest BCUT2D eigenvalue weighted by atomic mass is 10.1. The third-order valence-corrected chi connectivity index (χ3v) is 4.09. The van der Waals surface area contributed by atoms with Gasteiger partial charge in [-0.3, -0.25) is 4.79 Å². The highest BCUT2D eigenvalue weighted by atomic mass is 127. The number of hydrogen-bond acceptors (Lipinski definition) is 2. The molecule has 1 aliphatic heterocycles. The van der Waals surface area contributed by atoms with Gasteiger partial charge in [-0.1, -0.05) is 29.5 Å². The average molecular weight is 319 g/mol. The van der Waals surface area contributed by atoms with Crippen LogP contribution in [0.15, 0.2) is 23.1 Å². The number of alkyl halides is 1. The normalized spacial score (nSPS) is 30.7. The first kappa shape index (κ1) is 11.1. The largest absolute Gasteiger partial charge is 0.369 e. The highest BCUT2D eigenvalue weighted by molar-refractivity contribution is 14.1. The van der Waals surface area contributed by atoms with Crippen molar-refractivity contribution in [1.29, 1.82) is 0 Å². The van der Waals surface area contributed by atoms with E-state index in [4.69, 9.17) is 4.74 Å². The second-order valence-corrected chi connectivity index (χ2v) is 5.38. The summed E-state index contributed by atoms with van der Waals surface area (Å²) in [6.07, 6.45) is 3.86. The van der Waals surface area contributed by atoms with Crippen LogP contribution in [0.25, 0.3) is 0 Å². The molecule has 2 heterocycles. The molecule has 1 aromatic heterocycles. The van der Waals surface area contributed by atoms with Crippen LogP contribution >= 0.6 is 22.6 Å². The quantitative estimate of drug-likeness (QED) is 0.672. The van der Waals surface area contributed by atoms with E-state index in [0.717, 1.165) is 18.4 Å². The molecule has 1 aliphatic rings. The zero-order valence-corrected chi connectivity index (χ0v) is 10.7. The van der Waals surface area contributed by atoms with Crippen LogP contribution in [0.4, 0.5) is 0 Å². The molecule has 2 rings (SSSR count). The van der Waals surface area contributed by atoms with Gasteiger partial charge >= 0.3 is 0 Å². The second-order valence-electron chi connectivity index (χ2n) is 3.78. The van der Waals surface area contributed by atoms with Gasteiger partial charge in [0, 0.05) is 15.7 Å². The molecule has 1 unspecified atom stereocenters. The first-order chi connectivity index (χ1) is 7.22. The van der Waals surface area contributed by atoms with E-state index in [1.807, 2.05) is 12.1 Å². The molecule has 0 bridgehead atoms. The predicted octanol–water partition coefficient (Wildman–Crippen LogP) is 2.42. The van der Waals surface area contributed by atoms with Crippen molar-refractivity contribution in [2.24, 2.45) is 0 Å². The lowest BCUT2D eigenvalue weighted by Crippen LogP contribution is -2.16. The van der Waals surface area contributed by atoms with Crippen molar-refractivity contribution in [3.05, 3.63) is 34.2 Å². The molecule has 1 saturated heterocycles. The Hall–Kier alpha value is -0.360. The molecule has 4 heteroatoms. The Kier molecular flexibility index (Phi) is 3.45. The molecule has 0 aromatic carbocycles. The minimum absolute atomic E-state index is 0.0251. The number of pyridine rings is 1. The fourth-order valence-corrected chi connectivity index (χ4v) is 3.09. The summed E-state index contributed by atoms with van der Waals surface area (Å²) in [4.78, 5) is 14.3. The number of aromatic nitrogens is 1. The van der Waals surface area contributed by atoms with Crippen LogP contribution in [0.3, 0.4) is 0 Å². The van der Waals surface area contributed by atoms with Crippen LogP contribution in [-0.2, 0) is 4.74 Å². The van der Waals surface area contributed by atoms with Gasteiger partial charge in [-0.2, -0.15) is 0 Å². The van der Waals surface area contributed by atoms with E-state index >= 15 is 0 Å². The maximum Gasteiger partial charge on any atom is 0.253 e. The van der Waals surface area contributed by atoms with E-state index in [1.54, 1.807) is 6.20 Å². The monoisotopic (exact) mass is 319 g/mol. The zero-order chi connectivity index (χ0) is 10.8. The Morgan fingerprint density at radius 2 is 2.47 bits per heavy atom. The van der Waals surface area contributed by atoms with E-state index in [0.29, 0.717) is 3.92 Å². The standard InChI is InChI=1S/C11H14INO2/c1-2-9-8(12)6-10(15-9)7-4-3-5-13-11(7)14/h3-5,8-10H,2,6H2,1H3,(H,13,14)/t8?,9-,10-/m1/s1. The molecule has 0 spiro atoms. The first-order valence-electron chi connectivity index (χ1n) is 5.19. The van der Waals surface area contributed by atoms with E-state index < -0.39 is 0 Å². The van der Waals surface area contributed by atoms with Crippen LogP contribution in [0.2, 0.25) is 0 Å². The molecule has 15 heavy (non-hydrogen) atoms. The topological polar surface area (TPSA) is 42.1 Å². The smallest absolute Gasteiger partial charge is 0.253 e. The van der Waals surface area contributed by atoms with Gasteiger partial charge in [0.25, 0.3) is 5.56 Å². The van der Waals surface area contributed by atoms with Crippen molar-refractivity contribution in [3.8, 4) is 0 Å². The third kappa shape index (κ3) is 2.25. The number of ether oxygens (including phenoxy) is 1. The van der Waals surface area contributed by atoms with E-state index in [9.17, 15) is 4.79 Å². The van der Waals surface area contributed by atoms with Crippen LogP contribution in [0.5, 0.6) is 0 Å². The molecular weight excluding hydrogens is 305 g/mol. The van der Waals surface area contributed by atoms with E-state index in [2.05, 4.69) is 34.5 Å². The summed E-state index contributed by atoms with van der Waals surface area (Å²) in [5.41, 5.74) is 0.734. The van der Waals surface area contributed by atoms with E-state index in [-0.39, 0.29) is 17.8 Å². The lowest BCUT2D eigenvalue weighted by molar-refractivity contribution is 0.0439. The molecular formula is C11H14INO2. The molecule has 3 nitrogen and oxygen atoms in total. The number of H-pyrrole nitrogens is 1. The number of halogens is 1. The summed E-state index contributed by atoms with van der Waals surface area (Å²) in [7, 11) is 0. The van der Waals surface area contributed by atoms with Crippen LogP contribution < -0.4 is 5.56 Å². The summed E-state index contributed by atoms with van der Waals surface area (Å²) < 4.78 is 6.37. The summed E-state index contributed by atoms with van der Waals surface area (Å²) >= 11 is 2.41. The summed E-state index contributed by atoms with van der Waals surface area (Å²) in [5, 5.41) is 0. The number of rotatable bonds is 2. The van der Waals surface area contributed by atoms with E-state index in [1.165, 1.54) is 0 Å². The molecule has 3 atom stereocenters. The molecule has 0 radical (unpaired) electrons. The molecule has 82 valence electrons. The van der Waals surface area contributed by atoms with Gasteiger partial charge in [0.05, 0.1) is 12.2 Å². The second kappa shape index (κ2) is 4.65. The minimum atomic E-state index is -0.0261. The molecule has 1 aromatic rings. The Balaban J connectivity index is 2.21. The fourth-order valence-electron chi connectivity index (χ4n) is 1.95. The van der Waals surface area contributed by atoms with Crippen molar-refractivity contribution >= 4 is 22.6 Å². The minimum Gasteiger partial charge on any atom is -0.369 e. The number of hydrogen-bond donors (Lipinski definition) is 1. The predicted molar refractivity (Wildman–Crippen MR) is 67.4 cm³/mol. The van der Waals surface area contributed by atoms with Crippen molar-refractivity contribution in [3.63, 3.8) is 0 Å². The van der Waals surface area contributed by atoms with Gasteiger partial charge in [-0.05, 0) is 25.0 Å². The van der Waals surface area contributed by atoms with Crippen molar-refractivity contribution in [2.45, 2.75) is 35.9 Å². The Morgan fingerprint density at radius 1 is 1.67 bits per heavy atom. The number of nitrogens with one attached hydrogen (secondary N) is 1. The van der Waals surface area contributed by atoms with Crippen molar-refractivity contribution in [2.75, 3.05) is 0 Å². The molecule has 0 saturated carbocycles. The fraction of sp³-hybridized carbons (Fsp3) is 0.545. The maximum atomic E-state index is 11.6. The third-order valence-electron chi connectivity index (χ3n) is 2.78. The van der Waals surface area contributed by atoms with Gasteiger partial charge in [-0.15, -0.1) is 0 Å². The Morgan fingerprint density at radius 3 is 3.07 bits per heavy atom.